The number of nitrogens with one attached hydrogen (secondary N) is 1. The zero-order valence-electron chi connectivity index (χ0n) is 8.51. The normalized spacial score (nSPS) is 9.29. The fourth-order valence-electron chi connectivity index (χ4n) is 1.24. The van der Waals surface area contributed by atoms with Gasteiger partial charge in [-0.15, -0.1) is 0 Å². The molecule has 0 aliphatic rings. The van der Waals surface area contributed by atoms with E-state index < -0.39 is 5.91 Å². The Morgan fingerprint density at radius 3 is 2.50 bits per heavy atom. The Morgan fingerprint density at radius 1 is 1.29 bits per heavy atom. The average Bonchev–Trinajstić information content (AvgIpc) is 2.19. The van der Waals surface area contributed by atoms with Crippen molar-refractivity contribution in [2.24, 2.45) is 0 Å². The summed E-state index contributed by atoms with van der Waals surface area (Å²) in [5.74, 6) is -0.628. The van der Waals surface area contributed by atoms with Gasteiger partial charge in [0.2, 0.25) is 0 Å². The molecule has 0 saturated carbocycles. The van der Waals surface area contributed by atoms with Gasteiger partial charge in [-0.05, 0) is 43.5 Å². The van der Waals surface area contributed by atoms with Gasteiger partial charge in [0.05, 0.1) is 0 Å². The van der Waals surface area contributed by atoms with E-state index in [2.05, 4.69) is 5.32 Å². The number of nitriles is 1. The number of aryl methyl sites for hydroxylation is 1. The second-order valence-electron chi connectivity index (χ2n) is 3.25. The molecule has 3 heteroatoms. The second kappa shape index (κ2) is 3.93. The highest BCUT2D eigenvalue weighted by Gasteiger charge is 2.05. The van der Waals surface area contributed by atoms with Crippen LogP contribution in [0.3, 0.4) is 0 Å². The number of rotatable bonds is 1. The van der Waals surface area contributed by atoms with Gasteiger partial charge in [-0.1, -0.05) is 6.07 Å². The summed E-state index contributed by atoms with van der Waals surface area (Å²) in [5, 5.41) is 10.9. The molecule has 0 unspecified atom stereocenters. The fourth-order valence-corrected chi connectivity index (χ4v) is 1.24. The van der Waals surface area contributed by atoms with Crippen molar-refractivity contribution in [1.29, 1.82) is 5.26 Å². The van der Waals surface area contributed by atoms with Crippen molar-refractivity contribution in [3.8, 4) is 6.07 Å². The fraction of sp³-hybridized carbons (Fsp3) is 0.273. The Morgan fingerprint density at radius 2 is 1.93 bits per heavy atom. The summed E-state index contributed by atoms with van der Waals surface area (Å²) >= 11 is 0. The van der Waals surface area contributed by atoms with Gasteiger partial charge in [0.1, 0.15) is 0 Å². The van der Waals surface area contributed by atoms with Crippen LogP contribution in [0.25, 0.3) is 0 Å². The third-order valence-electron chi connectivity index (χ3n) is 2.41. The van der Waals surface area contributed by atoms with Crippen LogP contribution in [0, 0.1) is 32.1 Å². The minimum absolute atomic E-state index is 0.628. The van der Waals surface area contributed by atoms with E-state index in [1.165, 1.54) is 11.6 Å². The van der Waals surface area contributed by atoms with Crippen LogP contribution in [-0.4, -0.2) is 5.91 Å². The highest BCUT2D eigenvalue weighted by atomic mass is 16.1. The first-order valence-electron chi connectivity index (χ1n) is 4.34. The topological polar surface area (TPSA) is 52.9 Å². The monoisotopic (exact) mass is 188 g/mol. The average molecular weight is 188 g/mol. The van der Waals surface area contributed by atoms with Crippen molar-refractivity contribution in [2.45, 2.75) is 20.8 Å². The Balaban J connectivity index is 3.07. The number of hydrogen-bond acceptors (Lipinski definition) is 2. The summed E-state index contributed by atoms with van der Waals surface area (Å²) in [6.45, 7) is 5.93. The molecule has 0 radical (unpaired) electrons. The van der Waals surface area contributed by atoms with E-state index in [0.29, 0.717) is 5.69 Å². The van der Waals surface area contributed by atoms with Crippen LogP contribution in [0.2, 0.25) is 0 Å². The zero-order chi connectivity index (χ0) is 10.7. The minimum atomic E-state index is -0.628. The van der Waals surface area contributed by atoms with Gasteiger partial charge in [0.15, 0.2) is 6.07 Å². The zero-order valence-corrected chi connectivity index (χ0v) is 8.51. The number of hydrogen-bond donors (Lipinski definition) is 1. The van der Waals surface area contributed by atoms with Gasteiger partial charge in [-0.3, -0.25) is 4.79 Å². The van der Waals surface area contributed by atoms with E-state index in [1.54, 1.807) is 0 Å². The van der Waals surface area contributed by atoms with Crippen LogP contribution in [0.4, 0.5) is 5.69 Å². The van der Waals surface area contributed by atoms with E-state index in [1.807, 2.05) is 32.9 Å². The molecule has 1 N–H and O–H groups in total. The molecule has 0 heterocycles. The lowest BCUT2D eigenvalue weighted by atomic mass is 10.0. The molecule has 1 amide bonds. The SMILES string of the molecule is Cc1ccc(NC(=O)C#N)c(C)c1C. The molecule has 0 atom stereocenters. The molecule has 1 aromatic carbocycles. The summed E-state index contributed by atoms with van der Waals surface area (Å²) in [4.78, 5) is 10.9. The molecular weight excluding hydrogens is 176 g/mol. The number of nitrogens with zero attached hydrogens (tertiary/aromatic N) is 1. The summed E-state index contributed by atoms with van der Waals surface area (Å²) in [6, 6.07) is 5.26. The Kier molecular flexibility index (Phi) is 2.88. The lowest BCUT2D eigenvalue weighted by Gasteiger charge is -2.10. The number of carbonyl (C=O) groups excluding carboxylic acids is 1. The van der Waals surface area contributed by atoms with E-state index >= 15 is 0 Å². The van der Waals surface area contributed by atoms with Crippen LogP contribution < -0.4 is 5.32 Å². The lowest BCUT2D eigenvalue weighted by Crippen LogP contribution is -2.09. The molecule has 1 aromatic rings. The highest BCUT2D eigenvalue weighted by molar-refractivity contribution is 6.02. The van der Waals surface area contributed by atoms with Crippen molar-refractivity contribution in [3.63, 3.8) is 0 Å². The van der Waals surface area contributed by atoms with Crippen molar-refractivity contribution in [1.82, 2.24) is 0 Å². The van der Waals surface area contributed by atoms with E-state index in [0.717, 1.165) is 11.1 Å². The third kappa shape index (κ3) is 1.91. The Bertz CT molecular complexity index is 416. The third-order valence-corrected chi connectivity index (χ3v) is 2.41. The Labute approximate surface area is 83.4 Å². The van der Waals surface area contributed by atoms with Gasteiger partial charge >= 0.3 is 5.91 Å². The first kappa shape index (κ1) is 10.3. The molecule has 0 spiro atoms. The Hall–Kier alpha value is -1.82. The molecule has 0 saturated heterocycles. The number of anilines is 1. The molecule has 0 aliphatic heterocycles. The van der Waals surface area contributed by atoms with Gasteiger partial charge in [0, 0.05) is 5.69 Å². The van der Waals surface area contributed by atoms with E-state index in [-0.39, 0.29) is 0 Å². The summed E-state index contributed by atoms with van der Waals surface area (Å²) < 4.78 is 0. The van der Waals surface area contributed by atoms with Crippen molar-refractivity contribution >= 4 is 11.6 Å². The lowest BCUT2D eigenvalue weighted by molar-refractivity contribution is -0.111. The molecule has 0 fully saturated rings. The number of carbonyl (C=O) groups is 1. The van der Waals surface area contributed by atoms with Gasteiger partial charge in [-0.2, -0.15) is 5.26 Å². The highest BCUT2D eigenvalue weighted by Crippen LogP contribution is 2.21. The van der Waals surface area contributed by atoms with Crippen LogP contribution >= 0.6 is 0 Å². The minimum Gasteiger partial charge on any atom is -0.313 e. The maximum Gasteiger partial charge on any atom is 0.326 e. The van der Waals surface area contributed by atoms with Gasteiger partial charge < -0.3 is 5.32 Å². The first-order valence-corrected chi connectivity index (χ1v) is 4.34. The quantitative estimate of drug-likeness (QED) is 0.686. The summed E-state index contributed by atoms with van der Waals surface area (Å²) in [6.07, 6.45) is 0. The standard InChI is InChI=1S/C11H12N2O/c1-7-4-5-10(9(3)8(7)2)13-11(14)6-12/h4-5H,1-3H3,(H,13,14). The summed E-state index contributed by atoms with van der Waals surface area (Å²) in [5.41, 5.74) is 4.03. The van der Waals surface area contributed by atoms with Gasteiger partial charge in [-0.25, -0.2) is 0 Å². The van der Waals surface area contributed by atoms with Crippen molar-refractivity contribution < 1.29 is 4.79 Å². The number of amides is 1. The van der Waals surface area contributed by atoms with Crippen LogP contribution in [-0.2, 0) is 4.79 Å². The predicted octanol–water partition coefficient (Wildman–Crippen LogP) is 2.07. The van der Waals surface area contributed by atoms with Crippen LogP contribution in [0.1, 0.15) is 16.7 Å². The van der Waals surface area contributed by atoms with Crippen molar-refractivity contribution in [2.75, 3.05) is 5.32 Å². The maximum absolute atomic E-state index is 10.9. The molecule has 1 rings (SSSR count). The van der Waals surface area contributed by atoms with Gasteiger partial charge in [0.25, 0.3) is 0 Å². The maximum atomic E-state index is 10.9. The molecule has 3 nitrogen and oxygen atoms in total. The molecule has 72 valence electrons. The molecule has 0 bridgehead atoms. The number of benzene rings is 1. The predicted molar refractivity (Wildman–Crippen MR) is 54.9 cm³/mol. The first-order chi connectivity index (χ1) is 6.56. The van der Waals surface area contributed by atoms with Crippen LogP contribution in [0.15, 0.2) is 12.1 Å². The summed E-state index contributed by atoms with van der Waals surface area (Å²) in [7, 11) is 0. The second-order valence-corrected chi connectivity index (χ2v) is 3.25. The molecular formula is C11H12N2O. The molecule has 14 heavy (non-hydrogen) atoms. The largest absolute Gasteiger partial charge is 0.326 e. The molecule has 0 aromatic heterocycles. The van der Waals surface area contributed by atoms with E-state index in [9.17, 15) is 4.79 Å². The van der Waals surface area contributed by atoms with Crippen LogP contribution in [0.5, 0.6) is 0 Å². The van der Waals surface area contributed by atoms with Crippen molar-refractivity contribution in [3.05, 3.63) is 28.8 Å². The van der Waals surface area contributed by atoms with E-state index in [4.69, 9.17) is 5.26 Å². The smallest absolute Gasteiger partial charge is 0.313 e. The molecule has 0 aliphatic carbocycles.